The van der Waals surface area contributed by atoms with Gasteiger partial charge in [-0.25, -0.2) is 0 Å². The predicted molar refractivity (Wildman–Crippen MR) is 95.8 cm³/mol. The number of anilines is 1. The number of thioether (sulfide) groups is 1. The topological polar surface area (TPSA) is 44.7 Å². The summed E-state index contributed by atoms with van der Waals surface area (Å²) in [6, 6.07) is 8.35. The van der Waals surface area contributed by atoms with Crippen LogP contribution in [0.15, 0.2) is 40.9 Å². The molecule has 2 aliphatic heterocycles. The number of aliphatic imine (C=N–C) groups is 1. The molecule has 4 rings (SSSR count). The van der Waals surface area contributed by atoms with E-state index in [0.717, 1.165) is 49.4 Å². The van der Waals surface area contributed by atoms with Crippen molar-refractivity contribution in [2.75, 3.05) is 24.2 Å². The van der Waals surface area contributed by atoms with E-state index in [1.165, 1.54) is 17.2 Å². The highest BCUT2D eigenvalue weighted by atomic mass is 32.2. The van der Waals surface area contributed by atoms with Gasteiger partial charge in [-0.15, -0.1) is 0 Å². The molecule has 120 valence electrons. The first-order valence-electron chi connectivity index (χ1n) is 8.35. The molecule has 5 heteroatoms. The number of carbonyl (C=O) groups excluding carboxylic acids is 1. The summed E-state index contributed by atoms with van der Waals surface area (Å²) >= 11 is 1.84. The fraction of sp³-hybridized carbons (Fsp3) is 0.444. The van der Waals surface area contributed by atoms with Crippen LogP contribution in [-0.2, 0) is 4.79 Å². The van der Waals surface area contributed by atoms with Gasteiger partial charge in [0, 0.05) is 30.1 Å². The SMILES string of the molecule is O=C(Nc1cccc(C2CN3CCSC3=N2)c1)C1=CCCCC1. The Morgan fingerprint density at radius 2 is 2.30 bits per heavy atom. The van der Waals surface area contributed by atoms with Crippen molar-refractivity contribution in [3.63, 3.8) is 0 Å². The van der Waals surface area contributed by atoms with Crippen LogP contribution in [0.1, 0.15) is 37.3 Å². The Morgan fingerprint density at radius 3 is 3.13 bits per heavy atom. The number of hydrogen-bond donors (Lipinski definition) is 1. The standard InChI is InChI=1S/C18H21N3OS/c22-17(13-5-2-1-3-6-13)19-15-8-4-7-14(11-15)16-12-21-9-10-23-18(21)20-16/h4-5,7-8,11,16H,1-3,6,9-10,12H2,(H,19,22). The average molecular weight is 327 g/mol. The van der Waals surface area contributed by atoms with E-state index >= 15 is 0 Å². The van der Waals surface area contributed by atoms with Crippen molar-refractivity contribution in [1.82, 2.24) is 4.90 Å². The van der Waals surface area contributed by atoms with E-state index in [1.54, 1.807) is 0 Å². The van der Waals surface area contributed by atoms with E-state index in [1.807, 2.05) is 23.9 Å². The highest BCUT2D eigenvalue weighted by molar-refractivity contribution is 8.14. The summed E-state index contributed by atoms with van der Waals surface area (Å²) in [6.07, 6.45) is 6.32. The van der Waals surface area contributed by atoms with Gasteiger partial charge < -0.3 is 10.2 Å². The number of rotatable bonds is 3. The first kappa shape index (κ1) is 14.8. The second kappa shape index (κ2) is 6.40. The minimum absolute atomic E-state index is 0.0516. The molecular weight excluding hydrogens is 306 g/mol. The predicted octanol–water partition coefficient (Wildman–Crippen LogP) is 3.59. The van der Waals surface area contributed by atoms with Gasteiger partial charge in [-0.05, 0) is 43.4 Å². The summed E-state index contributed by atoms with van der Waals surface area (Å²) < 4.78 is 0. The second-order valence-electron chi connectivity index (χ2n) is 6.28. The van der Waals surface area contributed by atoms with Crippen LogP contribution in [0.4, 0.5) is 5.69 Å². The van der Waals surface area contributed by atoms with E-state index in [4.69, 9.17) is 4.99 Å². The molecule has 23 heavy (non-hydrogen) atoms. The Labute approximate surface area is 141 Å². The number of carbonyl (C=O) groups is 1. The molecule has 1 unspecified atom stereocenters. The first-order valence-corrected chi connectivity index (χ1v) is 9.34. The number of nitrogens with zero attached hydrogens (tertiary/aromatic N) is 2. The number of amides is 1. The summed E-state index contributed by atoms with van der Waals surface area (Å²) in [4.78, 5) is 19.5. The number of hydrogen-bond acceptors (Lipinski definition) is 4. The maximum Gasteiger partial charge on any atom is 0.251 e. The third-order valence-electron chi connectivity index (χ3n) is 4.63. The number of nitrogens with one attached hydrogen (secondary N) is 1. The van der Waals surface area contributed by atoms with Crippen molar-refractivity contribution in [2.24, 2.45) is 4.99 Å². The van der Waals surface area contributed by atoms with E-state index in [9.17, 15) is 4.79 Å². The second-order valence-corrected chi connectivity index (χ2v) is 7.34. The third-order valence-corrected chi connectivity index (χ3v) is 5.64. The molecule has 1 amide bonds. The zero-order valence-corrected chi connectivity index (χ0v) is 13.9. The van der Waals surface area contributed by atoms with E-state index < -0.39 is 0 Å². The molecule has 1 fully saturated rings. The molecule has 1 aliphatic carbocycles. The van der Waals surface area contributed by atoms with Crippen molar-refractivity contribution < 1.29 is 4.79 Å². The molecule has 1 N–H and O–H groups in total. The first-order chi connectivity index (χ1) is 11.3. The zero-order chi connectivity index (χ0) is 15.6. The number of fused-ring (bicyclic) bond motifs is 1. The summed E-state index contributed by atoms with van der Waals surface area (Å²) in [6.45, 7) is 2.06. The van der Waals surface area contributed by atoms with E-state index in [0.29, 0.717) is 0 Å². The summed E-state index contributed by atoms with van der Waals surface area (Å²) in [5, 5.41) is 4.23. The molecule has 1 saturated heterocycles. The van der Waals surface area contributed by atoms with Gasteiger partial charge in [-0.3, -0.25) is 9.79 Å². The number of amidine groups is 1. The minimum atomic E-state index is 0.0516. The third kappa shape index (κ3) is 3.15. The molecule has 3 aliphatic rings. The number of benzene rings is 1. The lowest BCUT2D eigenvalue weighted by Crippen LogP contribution is -2.22. The minimum Gasteiger partial charge on any atom is -0.348 e. The van der Waals surface area contributed by atoms with Crippen LogP contribution in [0.2, 0.25) is 0 Å². The Kier molecular flexibility index (Phi) is 4.12. The van der Waals surface area contributed by atoms with Gasteiger partial charge in [0.25, 0.3) is 5.91 Å². The van der Waals surface area contributed by atoms with Crippen LogP contribution in [0.3, 0.4) is 0 Å². The van der Waals surface area contributed by atoms with Crippen LogP contribution in [-0.4, -0.2) is 34.8 Å². The monoisotopic (exact) mass is 327 g/mol. The highest BCUT2D eigenvalue weighted by Gasteiger charge is 2.30. The van der Waals surface area contributed by atoms with Crippen molar-refractivity contribution in [2.45, 2.75) is 31.7 Å². The van der Waals surface area contributed by atoms with Crippen molar-refractivity contribution in [1.29, 1.82) is 0 Å². The highest BCUT2D eigenvalue weighted by Crippen LogP contribution is 2.33. The van der Waals surface area contributed by atoms with Gasteiger partial charge in [-0.2, -0.15) is 0 Å². The van der Waals surface area contributed by atoms with Crippen LogP contribution in [0.5, 0.6) is 0 Å². The summed E-state index contributed by atoms with van der Waals surface area (Å²) in [7, 11) is 0. The fourth-order valence-corrected chi connectivity index (χ4v) is 4.41. The number of allylic oxidation sites excluding steroid dienone is 1. The van der Waals surface area contributed by atoms with Gasteiger partial charge in [0.15, 0.2) is 5.17 Å². The molecule has 0 saturated carbocycles. The summed E-state index contributed by atoms with van der Waals surface area (Å²) in [5.41, 5.74) is 2.99. The maximum atomic E-state index is 12.3. The lowest BCUT2D eigenvalue weighted by molar-refractivity contribution is -0.113. The Balaban J connectivity index is 1.47. The Morgan fingerprint density at radius 1 is 1.35 bits per heavy atom. The Hall–Kier alpha value is -1.75. The molecule has 1 aromatic carbocycles. The van der Waals surface area contributed by atoms with Gasteiger partial charge >= 0.3 is 0 Å². The van der Waals surface area contributed by atoms with Gasteiger partial charge in [0.05, 0.1) is 6.04 Å². The molecule has 0 bridgehead atoms. The van der Waals surface area contributed by atoms with Crippen molar-refractivity contribution in [3.05, 3.63) is 41.5 Å². The lowest BCUT2D eigenvalue weighted by Gasteiger charge is -2.15. The van der Waals surface area contributed by atoms with Crippen LogP contribution in [0, 0.1) is 0 Å². The smallest absolute Gasteiger partial charge is 0.251 e. The van der Waals surface area contributed by atoms with Crippen LogP contribution >= 0.6 is 11.8 Å². The van der Waals surface area contributed by atoms with Crippen molar-refractivity contribution >= 4 is 28.5 Å². The zero-order valence-electron chi connectivity index (χ0n) is 13.1. The molecule has 1 atom stereocenters. The van der Waals surface area contributed by atoms with Crippen LogP contribution in [0.25, 0.3) is 0 Å². The van der Waals surface area contributed by atoms with Crippen molar-refractivity contribution in [3.8, 4) is 0 Å². The quantitative estimate of drug-likeness (QED) is 0.923. The molecule has 0 radical (unpaired) electrons. The normalized spacial score (nSPS) is 23.3. The molecule has 1 aromatic rings. The average Bonchev–Trinajstić information content (AvgIpc) is 3.17. The molecule has 0 aromatic heterocycles. The largest absolute Gasteiger partial charge is 0.348 e. The lowest BCUT2D eigenvalue weighted by atomic mass is 9.99. The van der Waals surface area contributed by atoms with E-state index in [2.05, 4.69) is 28.4 Å². The molecule has 4 nitrogen and oxygen atoms in total. The van der Waals surface area contributed by atoms with Gasteiger partial charge in [0.2, 0.25) is 0 Å². The Bertz CT molecular complexity index is 683. The fourth-order valence-electron chi connectivity index (χ4n) is 3.36. The molecule has 2 heterocycles. The maximum absolute atomic E-state index is 12.3. The van der Waals surface area contributed by atoms with Gasteiger partial charge in [0.1, 0.15) is 0 Å². The molecule has 0 spiro atoms. The van der Waals surface area contributed by atoms with E-state index in [-0.39, 0.29) is 11.9 Å². The van der Waals surface area contributed by atoms with Gasteiger partial charge in [-0.1, -0.05) is 30.0 Å². The summed E-state index contributed by atoms with van der Waals surface area (Å²) in [5.74, 6) is 1.20. The molecular formula is C18H21N3OS. The van der Waals surface area contributed by atoms with Crippen LogP contribution < -0.4 is 5.32 Å².